The maximum absolute atomic E-state index is 5.65. The normalized spacial score (nSPS) is 16.2. The van der Waals surface area contributed by atoms with Gasteiger partial charge in [0.25, 0.3) is 0 Å². The average molecular weight is 307 g/mol. The zero-order valence-electron chi connectivity index (χ0n) is 13.8. The molecule has 1 aromatic rings. The van der Waals surface area contributed by atoms with Crippen molar-refractivity contribution in [2.75, 3.05) is 46.6 Å². The molecule has 124 valence electrons. The molecule has 0 N–H and O–H groups in total. The van der Waals surface area contributed by atoms with Crippen molar-refractivity contribution in [3.63, 3.8) is 0 Å². The molecule has 0 atom stereocenters. The fraction of sp³-hybridized carbons (Fsp3) is 0.667. The van der Waals surface area contributed by atoms with Gasteiger partial charge in [-0.3, -0.25) is 0 Å². The first-order valence-electron chi connectivity index (χ1n) is 8.45. The van der Waals surface area contributed by atoms with E-state index in [9.17, 15) is 0 Å². The Morgan fingerprint density at radius 1 is 0.955 bits per heavy atom. The molecule has 1 aliphatic rings. The highest BCUT2D eigenvalue weighted by atomic mass is 16.5. The van der Waals surface area contributed by atoms with Gasteiger partial charge in [0.05, 0.1) is 13.7 Å². The summed E-state index contributed by atoms with van der Waals surface area (Å²) in [6, 6.07) is 7.66. The highest BCUT2D eigenvalue weighted by Gasteiger charge is 2.07. The van der Waals surface area contributed by atoms with Crippen molar-refractivity contribution in [1.82, 2.24) is 4.90 Å². The third kappa shape index (κ3) is 6.67. The number of methoxy groups -OCH3 is 1. The third-order valence-corrected chi connectivity index (χ3v) is 4.00. The summed E-state index contributed by atoms with van der Waals surface area (Å²) in [6.45, 7) is 5.72. The van der Waals surface area contributed by atoms with Crippen LogP contribution in [0.4, 0.5) is 0 Å². The monoisotopic (exact) mass is 307 g/mol. The molecule has 0 bridgehead atoms. The Morgan fingerprint density at radius 2 is 1.73 bits per heavy atom. The van der Waals surface area contributed by atoms with E-state index in [1.54, 1.807) is 7.11 Å². The van der Waals surface area contributed by atoms with Gasteiger partial charge in [-0.25, -0.2) is 0 Å². The number of benzene rings is 1. The lowest BCUT2D eigenvalue weighted by Crippen LogP contribution is -2.26. The Bertz CT molecular complexity index is 403. The maximum Gasteiger partial charge on any atom is 0.123 e. The van der Waals surface area contributed by atoms with Crippen LogP contribution in [-0.2, 0) is 4.74 Å². The van der Waals surface area contributed by atoms with Crippen LogP contribution in [0.3, 0.4) is 0 Å². The zero-order chi connectivity index (χ0) is 15.5. The highest BCUT2D eigenvalue weighted by molar-refractivity contribution is 5.32. The van der Waals surface area contributed by atoms with Gasteiger partial charge in [-0.1, -0.05) is 18.9 Å². The Kier molecular flexibility index (Phi) is 8.13. The molecule has 4 nitrogen and oxygen atoms in total. The van der Waals surface area contributed by atoms with Crippen molar-refractivity contribution < 1.29 is 14.2 Å². The minimum Gasteiger partial charge on any atom is -0.497 e. The van der Waals surface area contributed by atoms with Crippen molar-refractivity contribution in [3.05, 3.63) is 24.3 Å². The smallest absolute Gasteiger partial charge is 0.123 e. The number of ether oxygens (including phenoxy) is 3. The topological polar surface area (TPSA) is 30.9 Å². The van der Waals surface area contributed by atoms with E-state index in [1.165, 1.54) is 38.8 Å². The minimum absolute atomic E-state index is 0.580. The van der Waals surface area contributed by atoms with Crippen molar-refractivity contribution in [2.24, 2.45) is 0 Å². The molecular formula is C18H29NO3. The molecule has 1 aliphatic heterocycles. The van der Waals surface area contributed by atoms with Gasteiger partial charge in [0.15, 0.2) is 0 Å². The van der Waals surface area contributed by atoms with Crippen LogP contribution < -0.4 is 9.47 Å². The molecule has 0 spiro atoms. The molecule has 2 rings (SSSR count). The van der Waals surface area contributed by atoms with E-state index in [1.807, 2.05) is 24.3 Å². The Labute approximate surface area is 134 Å². The van der Waals surface area contributed by atoms with E-state index < -0.39 is 0 Å². The molecule has 0 aliphatic carbocycles. The van der Waals surface area contributed by atoms with Gasteiger partial charge < -0.3 is 19.1 Å². The van der Waals surface area contributed by atoms with Crippen LogP contribution in [0.5, 0.6) is 11.5 Å². The summed E-state index contributed by atoms with van der Waals surface area (Å²) in [4.78, 5) is 2.57. The summed E-state index contributed by atoms with van der Waals surface area (Å²) < 4.78 is 16.5. The summed E-state index contributed by atoms with van der Waals surface area (Å²) in [7, 11) is 1.66. The molecule has 0 aromatic heterocycles. The van der Waals surface area contributed by atoms with E-state index in [0.717, 1.165) is 31.1 Å². The molecule has 1 fully saturated rings. The zero-order valence-corrected chi connectivity index (χ0v) is 13.8. The molecule has 22 heavy (non-hydrogen) atoms. The first-order valence-corrected chi connectivity index (χ1v) is 8.45. The van der Waals surface area contributed by atoms with Gasteiger partial charge in [-0.2, -0.15) is 0 Å². The summed E-state index contributed by atoms with van der Waals surface area (Å²) in [5.74, 6) is 1.64. The van der Waals surface area contributed by atoms with Gasteiger partial charge in [0, 0.05) is 19.2 Å². The van der Waals surface area contributed by atoms with Gasteiger partial charge in [-0.15, -0.1) is 0 Å². The summed E-state index contributed by atoms with van der Waals surface area (Å²) in [5.41, 5.74) is 0. The van der Waals surface area contributed by atoms with Crippen LogP contribution in [0, 0.1) is 0 Å². The predicted molar refractivity (Wildman–Crippen MR) is 88.8 cm³/mol. The molecule has 1 saturated heterocycles. The number of likely N-dealkylation sites (tertiary alicyclic amines) is 1. The lowest BCUT2D eigenvalue weighted by molar-refractivity contribution is 0.0917. The molecule has 0 unspecified atom stereocenters. The quantitative estimate of drug-likeness (QED) is 0.655. The van der Waals surface area contributed by atoms with E-state index >= 15 is 0 Å². The number of nitrogens with zero attached hydrogens (tertiary/aromatic N) is 1. The summed E-state index contributed by atoms with van der Waals surface area (Å²) >= 11 is 0. The van der Waals surface area contributed by atoms with Crippen molar-refractivity contribution in [3.8, 4) is 11.5 Å². The lowest BCUT2D eigenvalue weighted by Gasteiger charge is -2.19. The first-order chi connectivity index (χ1) is 10.9. The second kappa shape index (κ2) is 10.5. The van der Waals surface area contributed by atoms with E-state index in [2.05, 4.69) is 4.90 Å². The predicted octanol–water partition coefficient (Wildman–Crippen LogP) is 3.36. The average Bonchev–Trinajstić information content (AvgIpc) is 2.83. The Morgan fingerprint density at radius 3 is 2.50 bits per heavy atom. The van der Waals surface area contributed by atoms with Gasteiger partial charge in [0.1, 0.15) is 18.1 Å². The first kappa shape index (κ1) is 17.1. The third-order valence-electron chi connectivity index (χ3n) is 4.00. The Hall–Kier alpha value is -1.26. The largest absolute Gasteiger partial charge is 0.497 e. The van der Waals surface area contributed by atoms with Crippen LogP contribution in [-0.4, -0.2) is 51.5 Å². The molecule has 1 aromatic carbocycles. The van der Waals surface area contributed by atoms with Crippen LogP contribution in [0.2, 0.25) is 0 Å². The minimum atomic E-state index is 0.580. The molecule has 1 heterocycles. The lowest BCUT2D eigenvalue weighted by atomic mass is 10.2. The summed E-state index contributed by atoms with van der Waals surface area (Å²) in [5, 5.41) is 0. The SMILES string of the molecule is COc1cccc(OCCOCCCN2CCCCCC2)c1. The highest BCUT2D eigenvalue weighted by Crippen LogP contribution is 2.18. The number of hydrogen-bond donors (Lipinski definition) is 0. The van der Waals surface area contributed by atoms with Crippen LogP contribution in [0.1, 0.15) is 32.1 Å². The van der Waals surface area contributed by atoms with Crippen molar-refractivity contribution in [1.29, 1.82) is 0 Å². The van der Waals surface area contributed by atoms with E-state index in [-0.39, 0.29) is 0 Å². The fourth-order valence-electron chi connectivity index (χ4n) is 2.76. The van der Waals surface area contributed by atoms with Gasteiger partial charge in [-0.05, 0) is 44.5 Å². The molecule has 0 amide bonds. The maximum atomic E-state index is 5.65. The van der Waals surface area contributed by atoms with Gasteiger partial charge in [0.2, 0.25) is 0 Å². The number of rotatable bonds is 9. The summed E-state index contributed by atoms with van der Waals surface area (Å²) in [6.07, 6.45) is 6.62. The van der Waals surface area contributed by atoms with E-state index in [0.29, 0.717) is 13.2 Å². The molecule has 0 saturated carbocycles. The van der Waals surface area contributed by atoms with Gasteiger partial charge >= 0.3 is 0 Å². The van der Waals surface area contributed by atoms with Crippen LogP contribution in [0.25, 0.3) is 0 Å². The molecule has 4 heteroatoms. The molecular weight excluding hydrogens is 278 g/mol. The van der Waals surface area contributed by atoms with E-state index in [4.69, 9.17) is 14.2 Å². The van der Waals surface area contributed by atoms with Crippen LogP contribution >= 0.6 is 0 Å². The van der Waals surface area contributed by atoms with Crippen LogP contribution in [0.15, 0.2) is 24.3 Å². The van der Waals surface area contributed by atoms with Crippen molar-refractivity contribution >= 4 is 0 Å². The Balaban J connectivity index is 1.48. The number of hydrogen-bond acceptors (Lipinski definition) is 4. The van der Waals surface area contributed by atoms with Crippen molar-refractivity contribution in [2.45, 2.75) is 32.1 Å². The standard InChI is InChI=1S/C18H29NO3/c1-20-17-8-6-9-18(16-17)22-15-14-21-13-7-12-19-10-4-2-3-5-11-19/h6,8-9,16H,2-5,7,10-15H2,1H3. The molecule has 0 radical (unpaired) electrons. The fourth-order valence-corrected chi connectivity index (χ4v) is 2.76. The second-order valence-corrected chi connectivity index (χ2v) is 5.75. The second-order valence-electron chi connectivity index (χ2n) is 5.75.